The van der Waals surface area contributed by atoms with Crippen molar-refractivity contribution in [1.29, 1.82) is 0 Å². The fraction of sp³-hybridized carbons (Fsp3) is 1.00. The minimum Gasteiger partial charge on any atom is -0.383 e. The molecule has 0 aromatic carbocycles. The summed E-state index contributed by atoms with van der Waals surface area (Å²) < 4.78 is 5.12. The molecule has 0 aliphatic carbocycles. The Labute approximate surface area is 108 Å². The summed E-state index contributed by atoms with van der Waals surface area (Å²) in [5.74, 6) is 1.55. The molecule has 0 fully saturated rings. The van der Waals surface area contributed by atoms with E-state index >= 15 is 0 Å². The van der Waals surface area contributed by atoms with Crippen LogP contribution in [-0.2, 0) is 4.74 Å². The van der Waals surface area contributed by atoms with Crippen LogP contribution in [0.15, 0.2) is 0 Å². The van der Waals surface area contributed by atoms with Gasteiger partial charge in [-0.1, -0.05) is 20.8 Å². The van der Waals surface area contributed by atoms with E-state index in [2.05, 4.69) is 25.7 Å². The fourth-order valence-corrected chi connectivity index (χ4v) is 2.25. The van der Waals surface area contributed by atoms with E-state index in [-0.39, 0.29) is 0 Å². The molecule has 17 heavy (non-hydrogen) atoms. The summed E-state index contributed by atoms with van der Waals surface area (Å²) in [7, 11) is 1.77. The van der Waals surface area contributed by atoms with Crippen LogP contribution in [0.1, 0.15) is 40.0 Å². The number of nitrogens with two attached hydrogens (primary N) is 1. The third kappa shape index (κ3) is 8.58. The lowest BCUT2D eigenvalue weighted by molar-refractivity contribution is 0.147. The Balaban J connectivity index is 3.76. The molecular weight excluding hydrogens is 212 g/mol. The Hall–Kier alpha value is -0.120. The van der Waals surface area contributed by atoms with Crippen molar-refractivity contribution in [3.8, 4) is 0 Å². The van der Waals surface area contributed by atoms with Crippen LogP contribution in [0.2, 0.25) is 0 Å². The Kier molecular flexibility index (Phi) is 10.9. The van der Waals surface area contributed by atoms with E-state index in [0.29, 0.717) is 0 Å². The largest absolute Gasteiger partial charge is 0.383 e. The average molecular weight is 244 g/mol. The first-order chi connectivity index (χ1) is 8.15. The van der Waals surface area contributed by atoms with Gasteiger partial charge in [-0.05, 0) is 50.7 Å². The van der Waals surface area contributed by atoms with Crippen molar-refractivity contribution in [3.63, 3.8) is 0 Å². The molecule has 0 saturated carbocycles. The van der Waals surface area contributed by atoms with E-state index in [0.717, 1.165) is 38.1 Å². The molecule has 104 valence electrons. The quantitative estimate of drug-likeness (QED) is 0.606. The predicted molar refractivity (Wildman–Crippen MR) is 75.2 cm³/mol. The van der Waals surface area contributed by atoms with E-state index in [4.69, 9.17) is 10.5 Å². The van der Waals surface area contributed by atoms with Crippen LogP contribution < -0.4 is 5.73 Å². The maximum Gasteiger partial charge on any atom is 0.0589 e. The predicted octanol–water partition coefficient (Wildman–Crippen LogP) is 2.36. The number of rotatable bonds is 11. The van der Waals surface area contributed by atoms with Crippen molar-refractivity contribution < 1.29 is 4.74 Å². The molecule has 0 spiro atoms. The highest BCUT2D eigenvalue weighted by Gasteiger charge is 2.12. The number of methoxy groups -OCH3 is 1. The molecule has 0 radical (unpaired) electrons. The fourth-order valence-electron chi connectivity index (χ4n) is 2.25. The van der Waals surface area contributed by atoms with E-state index < -0.39 is 0 Å². The molecule has 0 aliphatic rings. The summed E-state index contributed by atoms with van der Waals surface area (Å²) >= 11 is 0. The molecule has 0 rings (SSSR count). The summed E-state index contributed by atoms with van der Waals surface area (Å²) in [5, 5.41) is 0. The summed E-state index contributed by atoms with van der Waals surface area (Å²) in [6.45, 7) is 11.9. The molecule has 0 saturated heterocycles. The lowest BCUT2D eigenvalue weighted by Crippen LogP contribution is -2.29. The SMILES string of the molecule is CCN(CCCC(CCN)C(C)C)CCOC. The molecule has 0 aromatic heterocycles. The second-order valence-corrected chi connectivity index (χ2v) is 5.15. The van der Waals surface area contributed by atoms with Crippen molar-refractivity contribution in [3.05, 3.63) is 0 Å². The van der Waals surface area contributed by atoms with Crippen LogP contribution >= 0.6 is 0 Å². The lowest BCUT2D eigenvalue weighted by Gasteiger charge is -2.23. The number of hydrogen-bond donors (Lipinski definition) is 1. The van der Waals surface area contributed by atoms with Crippen molar-refractivity contribution in [2.24, 2.45) is 17.6 Å². The first kappa shape index (κ1) is 16.9. The molecule has 0 amide bonds. The summed E-state index contributed by atoms with van der Waals surface area (Å²) in [6, 6.07) is 0. The number of hydrogen-bond acceptors (Lipinski definition) is 3. The van der Waals surface area contributed by atoms with Crippen LogP contribution in [-0.4, -0.2) is 44.8 Å². The van der Waals surface area contributed by atoms with Crippen molar-refractivity contribution >= 4 is 0 Å². The molecule has 0 aromatic rings. The van der Waals surface area contributed by atoms with Crippen LogP contribution in [0.5, 0.6) is 0 Å². The Bertz CT molecular complexity index is 162. The van der Waals surface area contributed by atoms with Gasteiger partial charge in [-0.15, -0.1) is 0 Å². The van der Waals surface area contributed by atoms with Crippen LogP contribution in [0.4, 0.5) is 0 Å². The van der Waals surface area contributed by atoms with Crippen LogP contribution in [0.25, 0.3) is 0 Å². The number of nitrogens with zero attached hydrogens (tertiary/aromatic N) is 1. The topological polar surface area (TPSA) is 38.5 Å². The van der Waals surface area contributed by atoms with Gasteiger partial charge in [0.15, 0.2) is 0 Å². The average Bonchev–Trinajstić information content (AvgIpc) is 2.31. The van der Waals surface area contributed by atoms with Gasteiger partial charge in [0.2, 0.25) is 0 Å². The van der Waals surface area contributed by atoms with Crippen LogP contribution in [0.3, 0.4) is 0 Å². The summed E-state index contributed by atoms with van der Waals surface area (Å²) in [6.07, 6.45) is 3.75. The number of likely N-dealkylation sites (N-methyl/N-ethyl adjacent to an activating group) is 1. The summed E-state index contributed by atoms with van der Waals surface area (Å²) in [4.78, 5) is 2.46. The molecule has 1 unspecified atom stereocenters. The third-order valence-electron chi connectivity index (χ3n) is 3.59. The maximum absolute atomic E-state index is 5.66. The van der Waals surface area contributed by atoms with Gasteiger partial charge in [0, 0.05) is 13.7 Å². The summed E-state index contributed by atoms with van der Waals surface area (Å²) in [5.41, 5.74) is 5.66. The highest BCUT2D eigenvalue weighted by Crippen LogP contribution is 2.20. The molecule has 3 heteroatoms. The second-order valence-electron chi connectivity index (χ2n) is 5.15. The Morgan fingerprint density at radius 3 is 2.35 bits per heavy atom. The smallest absolute Gasteiger partial charge is 0.0589 e. The third-order valence-corrected chi connectivity index (χ3v) is 3.59. The van der Waals surface area contributed by atoms with E-state index in [1.165, 1.54) is 25.8 Å². The Morgan fingerprint density at radius 1 is 1.18 bits per heavy atom. The minimum absolute atomic E-state index is 0.757. The van der Waals surface area contributed by atoms with E-state index in [9.17, 15) is 0 Å². The highest BCUT2D eigenvalue weighted by molar-refractivity contribution is 4.65. The first-order valence-electron chi connectivity index (χ1n) is 7.07. The van der Waals surface area contributed by atoms with Gasteiger partial charge < -0.3 is 15.4 Å². The van der Waals surface area contributed by atoms with Crippen molar-refractivity contribution in [2.45, 2.75) is 40.0 Å². The zero-order valence-corrected chi connectivity index (χ0v) is 12.2. The maximum atomic E-state index is 5.66. The number of ether oxygens (including phenoxy) is 1. The standard InChI is InChI=1S/C14H32N2O/c1-5-16(11-12-17-4)10-6-7-14(8-9-15)13(2)3/h13-14H,5-12,15H2,1-4H3. The lowest BCUT2D eigenvalue weighted by atomic mass is 9.88. The zero-order valence-electron chi connectivity index (χ0n) is 12.2. The minimum atomic E-state index is 0.757. The zero-order chi connectivity index (χ0) is 13.1. The van der Waals surface area contributed by atoms with Gasteiger partial charge in [-0.25, -0.2) is 0 Å². The van der Waals surface area contributed by atoms with Crippen molar-refractivity contribution in [1.82, 2.24) is 4.90 Å². The molecule has 0 bridgehead atoms. The molecule has 3 nitrogen and oxygen atoms in total. The van der Waals surface area contributed by atoms with Gasteiger partial charge in [-0.3, -0.25) is 0 Å². The molecule has 1 atom stereocenters. The second kappa shape index (κ2) is 11.0. The Morgan fingerprint density at radius 2 is 1.88 bits per heavy atom. The molecule has 2 N–H and O–H groups in total. The van der Waals surface area contributed by atoms with Gasteiger partial charge in [0.05, 0.1) is 6.61 Å². The van der Waals surface area contributed by atoms with E-state index in [1.54, 1.807) is 7.11 Å². The van der Waals surface area contributed by atoms with Gasteiger partial charge in [-0.2, -0.15) is 0 Å². The first-order valence-corrected chi connectivity index (χ1v) is 7.07. The van der Waals surface area contributed by atoms with E-state index in [1.807, 2.05) is 0 Å². The van der Waals surface area contributed by atoms with Gasteiger partial charge in [0.25, 0.3) is 0 Å². The molecule has 0 aliphatic heterocycles. The molecular formula is C14H32N2O. The van der Waals surface area contributed by atoms with Gasteiger partial charge in [0.1, 0.15) is 0 Å². The molecule has 0 heterocycles. The normalized spacial score (nSPS) is 13.6. The highest BCUT2D eigenvalue weighted by atomic mass is 16.5. The van der Waals surface area contributed by atoms with Gasteiger partial charge >= 0.3 is 0 Å². The monoisotopic (exact) mass is 244 g/mol. The van der Waals surface area contributed by atoms with Crippen molar-refractivity contribution in [2.75, 3.05) is 39.9 Å². The van der Waals surface area contributed by atoms with Crippen LogP contribution in [0, 0.1) is 11.8 Å².